The Bertz CT molecular complexity index is 1020. The van der Waals surface area contributed by atoms with E-state index in [1.165, 1.54) is 0 Å². The number of nitrogens with one attached hydrogen (secondary N) is 1. The number of aromatic amines is 1. The van der Waals surface area contributed by atoms with Gasteiger partial charge >= 0.3 is 4.87 Å². The number of hydrogen-bond acceptors (Lipinski definition) is 5. The fourth-order valence-corrected chi connectivity index (χ4v) is 3.03. The standard InChI is InChI=1S/C15H9N3O2S/c19-9-3-1-8(2-4-9)13-10-7-12-14(18-15(20)21-12)17-11(10)5-6-16-13/h1-7,19H,(H,17,18,20). The third kappa shape index (κ3) is 1.96. The number of benzene rings is 1. The molecule has 6 heteroatoms. The molecule has 5 nitrogen and oxygen atoms in total. The number of nitrogens with zero attached hydrogens (tertiary/aromatic N) is 2. The number of rotatable bonds is 1. The zero-order valence-corrected chi connectivity index (χ0v) is 11.5. The minimum Gasteiger partial charge on any atom is -0.508 e. The fraction of sp³-hybridized carbons (Fsp3) is 0. The van der Waals surface area contributed by atoms with Crippen LogP contribution in [0.15, 0.2) is 47.4 Å². The lowest BCUT2D eigenvalue weighted by atomic mass is 10.1. The van der Waals surface area contributed by atoms with Gasteiger partial charge in [0.2, 0.25) is 0 Å². The van der Waals surface area contributed by atoms with E-state index >= 15 is 0 Å². The van der Waals surface area contributed by atoms with Crippen LogP contribution in [0.3, 0.4) is 0 Å². The van der Waals surface area contributed by atoms with E-state index in [1.807, 2.05) is 12.1 Å². The lowest BCUT2D eigenvalue weighted by Gasteiger charge is -2.05. The minimum absolute atomic E-state index is 0.119. The van der Waals surface area contributed by atoms with E-state index in [9.17, 15) is 9.90 Å². The van der Waals surface area contributed by atoms with Gasteiger partial charge in [0, 0.05) is 17.1 Å². The molecule has 0 aliphatic heterocycles. The summed E-state index contributed by atoms with van der Waals surface area (Å²) in [6, 6.07) is 10.6. The Hall–Kier alpha value is -2.73. The number of aromatic nitrogens is 3. The highest BCUT2D eigenvalue weighted by Crippen LogP contribution is 2.29. The largest absolute Gasteiger partial charge is 0.508 e. The van der Waals surface area contributed by atoms with Crippen LogP contribution >= 0.6 is 11.3 Å². The van der Waals surface area contributed by atoms with Crippen LogP contribution in [0.4, 0.5) is 0 Å². The van der Waals surface area contributed by atoms with Gasteiger partial charge in [-0.1, -0.05) is 11.3 Å². The molecule has 0 aliphatic carbocycles. The molecule has 102 valence electrons. The number of H-pyrrole nitrogens is 1. The number of phenols is 1. The average Bonchev–Trinajstić information content (AvgIpc) is 2.84. The zero-order valence-electron chi connectivity index (χ0n) is 10.7. The third-order valence-electron chi connectivity index (χ3n) is 3.27. The number of aromatic hydroxyl groups is 1. The molecule has 21 heavy (non-hydrogen) atoms. The monoisotopic (exact) mass is 295 g/mol. The molecule has 0 bridgehead atoms. The number of hydrogen-bond donors (Lipinski definition) is 2. The average molecular weight is 295 g/mol. The first-order valence-corrected chi connectivity index (χ1v) is 7.10. The highest BCUT2D eigenvalue weighted by atomic mass is 32.1. The molecule has 4 aromatic rings. The smallest absolute Gasteiger partial charge is 0.306 e. The van der Waals surface area contributed by atoms with Gasteiger partial charge in [0.1, 0.15) is 5.75 Å². The summed E-state index contributed by atoms with van der Waals surface area (Å²) < 4.78 is 0.806. The molecule has 0 fully saturated rings. The first kappa shape index (κ1) is 12.0. The lowest BCUT2D eigenvalue weighted by Crippen LogP contribution is -1.92. The second kappa shape index (κ2) is 4.39. The number of pyridine rings is 2. The van der Waals surface area contributed by atoms with Crippen molar-refractivity contribution in [2.24, 2.45) is 0 Å². The maximum Gasteiger partial charge on any atom is 0.306 e. The topological polar surface area (TPSA) is 78.9 Å². The predicted octanol–water partition coefficient (Wildman–Crippen LogP) is 2.91. The van der Waals surface area contributed by atoms with E-state index in [1.54, 1.807) is 30.5 Å². The van der Waals surface area contributed by atoms with Crippen molar-refractivity contribution in [1.82, 2.24) is 15.0 Å². The third-order valence-corrected chi connectivity index (χ3v) is 4.09. The Morgan fingerprint density at radius 2 is 1.95 bits per heavy atom. The Labute approximate surface area is 122 Å². The van der Waals surface area contributed by atoms with Gasteiger partial charge in [0.05, 0.1) is 15.9 Å². The molecule has 2 N–H and O–H groups in total. The van der Waals surface area contributed by atoms with Gasteiger partial charge < -0.3 is 5.11 Å². The summed E-state index contributed by atoms with van der Waals surface area (Å²) in [5.41, 5.74) is 3.04. The number of phenolic OH excluding ortho intramolecular Hbond substituents is 1. The highest BCUT2D eigenvalue weighted by molar-refractivity contribution is 7.16. The van der Waals surface area contributed by atoms with Crippen LogP contribution in [0, 0.1) is 0 Å². The Morgan fingerprint density at radius 1 is 1.14 bits per heavy atom. The summed E-state index contributed by atoms with van der Waals surface area (Å²) in [6.45, 7) is 0. The van der Waals surface area contributed by atoms with Crippen molar-refractivity contribution in [2.45, 2.75) is 0 Å². The molecule has 0 saturated heterocycles. The second-order valence-corrected chi connectivity index (χ2v) is 5.64. The van der Waals surface area contributed by atoms with Crippen LogP contribution in [0.25, 0.3) is 32.5 Å². The van der Waals surface area contributed by atoms with E-state index < -0.39 is 0 Å². The summed E-state index contributed by atoms with van der Waals surface area (Å²) in [5, 5.41) is 10.3. The van der Waals surface area contributed by atoms with Crippen molar-refractivity contribution in [3.63, 3.8) is 0 Å². The molecule has 0 unspecified atom stereocenters. The Balaban J connectivity index is 2.06. The van der Waals surface area contributed by atoms with Gasteiger partial charge in [-0.15, -0.1) is 0 Å². The first-order valence-electron chi connectivity index (χ1n) is 6.29. The van der Waals surface area contributed by atoms with Gasteiger partial charge in [0.25, 0.3) is 0 Å². The van der Waals surface area contributed by atoms with Crippen molar-refractivity contribution in [1.29, 1.82) is 0 Å². The molecule has 0 saturated carbocycles. The summed E-state index contributed by atoms with van der Waals surface area (Å²) in [5.74, 6) is 0.211. The normalized spacial score (nSPS) is 11.2. The minimum atomic E-state index is -0.119. The van der Waals surface area contributed by atoms with Gasteiger partial charge in [-0.2, -0.15) is 0 Å². The zero-order chi connectivity index (χ0) is 14.4. The van der Waals surface area contributed by atoms with Crippen LogP contribution in [-0.2, 0) is 0 Å². The molecular formula is C15H9N3O2S. The Kier molecular flexibility index (Phi) is 2.52. The SMILES string of the molecule is O=c1[nH]c2nc3ccnc(-c4ccc(O)cc4)c3cc2s1. The van der Waals surface area contributed by atoms with Crippen LogP contribution < -0.4 is 4.87 Å². The van der Waals surface area contributed by atoms with Gasteiger partial charge in [-0.05, 0) is 36.4 Å². The lowest BCUT2D eigenvalue weighted by molar-refractivity contribution is 0.475. The van der Waals surface area contributed by atoms with E-state index in [0.29, 0.717) is 5.65 Å². The summed E-state index contributed by atoms with van der Waals surface area (Å²) in [7, 11) is 0. The highest BCUT2D eigenvalue weighted by Gasteiger charge is 2.09. The van der Waals surface area contributed by atoms with E-state index in [-0.39, 0.29) is 10.6 Å². The molecule has 0 atom stereocenters. The van der Waals surface area contributed by atoms with Crippen LogP contribution in [0.1, 0.15) is 0 Å². The fourth-order valence-electron chi connectivity index (χ4n) is 2.32. The summed E-state index contributed by atoms with van der Waals surface area (Å²) in [4.78, 5) is 22.9. The molecule has 0 aliphatic rings. The van der Waals surface area contributed by atoms with Crippen LogP contribution in [0.5, 0.6) is 5.75 Å². The van der Waals surface area contributed by atoms with Crippen LogP contribution in [0.2, 0.25) is 0 Å². The summed E-state index contributed by atoms with van der Waals surface area (Å²) >= 11 is 1.13. The van der Waals surface area contributed by atoms with Crippen LogP contribution in [-0.4, -0.2) is 20.1 Å². The predicted molar refractivity (Wildman–Crippen MR) is 82.6 cm³/mol. The molecule has 3 aromatic heterocycles. The van der Waals surface area contributed by atoms with Gasteiger partial charge in [-0.25, -0.2) is 4.98 Å². The molecule has 1 aromatic carbocycles. The first-order chi connectivity index (χ1) is 10.2. The van der Waals surface area contributed by atoms with Crippen molar-refractivity contribution < 1.29 is 5.11 Å². The Morgan fingerprint density at radius 3 is 2.76 bits per heavy atom. The van der Waals surface area contributed by atoms with Crippen molar-refractivity contribution in [2.75, 3.05) is 0 Å². The summed E-state index contributed by atoms with van der Waals surface area (Å²) in [6.07, 6.45) is 1.69. The molecule has 0 amide bonds. The van der Waals surface area contributed by atoms with Crippen molar-refractivity contribution in [3.05, 3.63) is 52.3 Å². The molecular weight excluding hydrogens is 286 g/mol. The second-order valence-electron chi connectivity index (χ2n) is 4.62. The molecule has 3 heterocycles. The van der Waals surface area contributed by atoms with Crippen molar-refractivity contribution in [3.8, 4) is 17.0 Å². The van der Waals surface area contributed by atoms with Gasteiger partial charge in [0.15, 0.2) is 5.65 Å². The molecule has 0 spiro atoms. The van der Waals surface area contributed by atoms with E-state index in [2.05, 4.69) is 15.0 Å². The van der Waals surface area contributed by atoms with E-state index in [4.69, 9.17) is 0 Å². The van der Waals surface area contributed by atoms with E-state index in [0.717, 1.165) is 38.2 Å². The molecule has 0 radical (unpaired) electrons. The molecule has 4 rings (SSSR count). The quantitative estimate of drug-likeness (QED) is 0.566. The maximum atomic E-state index is 11.4. The van der Waals surface area contributed by atoms with Crippen molar-refractivity contribution >= 4 is 32.6 Å². The number of fused-ring (bicyclic) bond motifs is 2. The number of thiazole rings is 1. The maximum absolute atomic E-state index is 11.4. The van der Waals surface area contributed by atoms with Gasteiger partial charge in [-0.3, -0.25) is 14.8 Å².